The Labute approximate surface area is 137 Å². The molecule has 1 saturated heterocycles. The van der Waals surface area contributed by atoms with Crippen molar-refractivity contribution in [3.8, 4) is 11.1 Å². The molecule has 2 aromatic carbocycles. The van der Waals surface area contributed by atoms with Crippen LogP contribution in [0.3, 0.4) is 0 Å². The van der Waals surface area contributed by atoms with E-state index in [9.17, 15) is 14.3 Å². The number of hydrogen-bond acceptors (Lipinski definition) is 2. The van der Waals surface area contributed by atoms with Gasteiger partial charge in [0.25, 0.3) is 0 Å². The van der Waals surface area contributed by atoms with E-state index in [0.29, 0.717) is 22.0 Å². The lowest BCUT2D eigenvalue weighted by Gasteiger charge is -2.11. The average molecular weight is 325 g/mol. The van der Waals surface area contributed by atoms with Gasteiger partial charge in [0.1, 0.15) is 5.82 Å². The van der Waals surface area contributed by atoms with Crippen LogP contribution in [0.4, 0.5) is 4.39 Å². The minimum atomic E-state index is -1.03. The summed E-state index contributed by atoms with van der Waals surface area (Å²) in [5.74, 6) is -1.42. The third-order valence-corrected chi connectivity index (χ3v) is 4.52. The number of fused-ring (bicyclic) bond motifs is 1. The Morgan fingerprint density at radius 2 is 2.04 bits per heavy atom. The van der Waals surface area contributed by atoms with Gasteiger partial charge in [0.05, 0.1) is 11.7 Å². The molecular weight excluding hydrogens is 309 g/mol. The van der Waals surface area contributed by atoms with Crippen LogP contribution in [0.15, 0.2) is 42.6 Å². The quantitative estimate of drug-likeness (QED) is 0.744. The van der Waals surface area contributed by atoms with E-state index in [-0.39, 0.29) is 17.5 Å². The van der Waals surface area contributed by atoms with Gasteiger partial charge in [0.2, 0.25) is 0 Å². The normalized spacial score (nSPS) is 17.5. The van der Waals surface area contributed by atoms with Crippen LogP contribution >= 0.6 is 0 Å². The number of aromatic nitrogens is 1. The predicted molar refractivity (Wildman–Crippen MR) is 88.6 cm³/mol. The molecule has 0 aliphatic carbocycles. The number of carbonyl (C=O) groups is 1. The first-order valence-corrected chi connectivity index (χ1v) is 7.89. The molecule has 1 fully saturated rings. The molecule has 122 valence electrons. The zero-order valence-corrected chi connectivity index (χ0v) is 12.9. The lowest BCUT2D eigenvalue weighted by Crippen LogP contribution is -1.96. The molecule has 4 nitrogen and oxygen atoms in total. The third-order valence-electron chi connectivity index (χ3n) is 4.52. The summed E-state index contributed by atoms with van der Waals surface area (Å²) in [6.07, 6.45) is 3.57. The van der Waals surface area contributed by atoms with E-state index in [0.717, 1.165) is 25.0 Å². The molecule has 0 bridgehead atoms. The Balaban J connectivity index is 1.76. The number of aromatic amines is 1. The number of H-pyrrole nitrogens is 1. The number of carboxylic acids is 1. The minimum Gasteiger partial charge on any atom is -0.478 e. The summed E-state index contributed by atoms with van der Waals surface area (Å²) >= 11 is 0. The molecule has 1 aliphatic rings. The maximum absolute atomic E-state index is 14.4. The number of ether oxygens (including phenoxy) is 1. The van der Waals surface area contributed by atoms with Crippen molar-refractivity contribution >= 4 is 16.9 Å². The van der Waals surface area contributed by atoms with Gasteiger partial charge in [-0.3, -0.25) is 0 Å². The second-order valence-corrected chi connectivity index (χ2v) is 6.01. The molecule has 4 rings (SSSR count). The Hall–Kier alpha value is -2.66. The van der Waals surface area contributed by atoms with Gasteiger partial charge in [-0.15, -0.1) is 0 Å². The highest BCUT2D eigenvalue weighted by Gasteiger charge is 2.18. The molecule has 0 radical (unpaired) electrons. The molecule has 1 aliphatic heterocycles. The van der Waals surface area contributed by atoms with Crippen LogP contribution in [-0.4, -0.2) is 22.7 Å². The smallest absolute Gasteiger partial charge is 0.337 e. The fourth-order valence-corrected chi connectivity index (χ4v) is 3.26. The van der Waals surface area contributed by atoms with Crippen molar-refractivity contribution in [2.45, 2.75) is 18.9 Å². The van der Waals surface area contributed by atoms with Crippen molar-refractivity contribution in [2.75, 3.05) is 6.61 Å². The summed E-state index contributed by atoms with van der Waals surface area (Å²) in [6, 6.07) is 10.5. The van der Waals surface area contributed by atoms with Crippen molar-refractivity contribution in [1.29, 1.82) is 0 Å². The first kappa shape index (κ1) is 14.9. The van der Waals surface area contributed by atoms with Gasteiger partial charge in [-0.1, -0.05) is 24.3 Å². The number of aromatic carboxylic acids is 1. The molecular formula is C19H16FNO3. The third kappa shape index (κ3) is 2.47. The molecule has 1 unspecified atom stereocenters. The standard InChI is InChI=1S/C19H16FNO3/c20-16-9-17-14(15(10-21-17)19(22)23)8-13(16)11-3-5-12(6-4-11)18-2-1-7-24-18/h3-6,8-10,18,21H,1-2,7H2,(H,22,23). The minimum absolute atomic E-state index is 0.120. The van der Waals surface area contributed by atoms with Crippen molar-refractivity contribution in [3.05, 3.63) is 59.5 Å². The maximum Gasteiger partial charge on any atom is 0.337 e. The number of nitrogens with one attached hydrogen (secondary N) is 1. The SMILES string of the molecule is O=C(O)c1c[nH]c2cc(F)c(-c3ccc(C4CCCO4)cc3)cc12. The molecule has 2 heterocycles. The monoisotopic (exact) mass is 325 g/mol. The van der Waals surface area contributed by atoms with E-state index in [4.69, 9.17) is 4.74 Å². The number of hydrogen-bond donors (Lipinski definition) is 2. The number of carboxylic acid groups (broad SMARTS) is 1. The van der Waals surface area contributed by atoms with Crippen LogP contribution in [0.2, 0.25) is 0 Å². The zero-order chi connectivity index (χ0) is 16.7. The number of benzene rings is 2. The van der Waals surface area contributed by atoms with Gasteiger partial charge < -0.3 is 14.8 Å². The lowest BCUT2D eigenvalue weighted by molar-refractivity contribution is 0.0699. The summed E-state index contributed by atoms with van der Waals surface area (Å²) in [4.78, 5) is 14.1. The molecule has 3 aromatic rings. The van der Waals surface area contributed by atoms with E-state index in [1.54, 1.807) is 6.07 Å². The largest absolute Gasteiger partial charge is 0.478 e. The van der Waals surface area contributed by atoms with E-state index in [2.05, 4.69) is 4.98 Å². The predicted octanol–water partition coefficient (Wildman–Crippen LogP) is 4.52. The van der Waals surface area contributed by atoms with Gasteiger partial charge in [0.15, 0.2) is 0 Å². The van der Waals surface area contributed by atoms with Gasteiger partial charge in [-0.2, -0.15) is 0 Å². The van der Waals surface area contributed by atoms with E-state index in [1.807, 2.05) is 24.3 Å². The highest BCUT2D eigenvalue weighted by atomic mass is 19.1. The number of halogens is 1. The second kappa shape index (κ2) is 5.76. The number of rotatable bonds is 3. The topological polar surface area (TPSA) is 62.3 Å². The van der Waals surface area contributed by atoms with Crippen LogP contribution in [0.25, 0.3) is 22.0 Å². The highest BCUT2D eigenvalue weighted by molar-refractivity contribution is 6.04. The molecule has 1 aromatic heterocycles. The fourth-order valence-electron chi connectivity index (χ4n) is 3.26. The Bertz CT molecular complexity index is 908. The fraction of sp³-hybridized carbons (Fsp3) is 0.211. The van der Waals surface area contributed by atoms with Crippen molar-refractivity contribution < 1.29 is 19.0 Å². The van der Waals surface area contributed by atoms with Gasteiger partial charge >= 0.3 is 5.97 Å². The summed E-state index contributed by atoms with van der Waals surface area (Å²) < 4.78 is 20.1. The summed E-state index contributed by atoms with van der Waals surface area (Å²) in [7, 11) is 0. The van der Waals surface area contributed by atoms with Crippen molar-refractivity contribution in [1.82, 2.24) is 4.98 Å². The molecule has 24 heavy (non-hydrogen) atoms. The van der Waals surface area contributed by atoms with Crippen LogP contribution in [0.5, 0.6) is 0 Å². The van der Waals surface area contributed by atoms with Crippen LogP contribution in [0.1, 0.15) is 34.9 Å². The van der Waals surface area contributed by atoms with Crippen molar-refractivity contribution in [3.63, 3.8) is 0 Å². The first-order valence-electron chi connectivity index (χ1n) is 7.89. The highest BCUT2D eigenvalue weighted by Crippen LogP contribution is 2.32. The van der Waals surface area contributed by atoms with E-state index in [1.165, 1.54) is 12.3 Å². The van der Waals surface area contributed by atoms with Crippen molar-refractivity contribution in [2.24, 2.45) is 0 Å². The zero-order valence-electron chi connectivity index (χ0n) is 12.9. The summed E-state index contributed by atoms with van der Waals surface area (Å²) in [5, 5.41) is 9.73. The maximum atomic E-state index is 14.4. The second-order valence-electron chi connectivity index (χ2n) is 6.01. The van der Waals surface area contributed by atoms with Gasteiger partial charge in [-0.05, 0) is 36.1 Å². The summed E-state index contributed by atoms with van der Waals surface area (Å²) in [6.45, 7) is 0.781. The molecule has 0 saturated carbocycles. The Morgan fingerprint density at radius 1 is 1.25 bits per heavy atom. The molecule has 0 spiro atoms. The summed E-state index contributed by atoms with van der Waals surface area (Å²) in [5.41, 5.74) is 2.81. The lowest BCUT2D eigenvalue weighted by atomic mass is 9.99. The molecule has 0 amide bonds. The van der Waals surface area contributed by atoms with E-state index < -0.39 is 5.97 Å². The molecule has 1 atom stereocenters. The van der Waals surface area contributed by atoms with Crippen LogP contribution in [0, 0.1) is 5.82 Å². The van der Waals surface area contributed by atoms with E-state index >= 15 is 0 Å². The average Bonchev–Trinajstić information content (AvgIpc) is 3.23. The Kier molecular flexibility index (Phi) is 3.58. The first-order chi connectivity index (χ1) is 11.6. The van der Waals surface area contributed by atoms with Gasteiger partial charge in [0, 0.05) is 29.3 Å². The van der Waals surface area contributed by atoms with Crippen LogP contribution < -0.4 is 0 Å². The Morgan fingerprint density at radius 3 is 2.71 bits per heavy atom. The van der Waals surface area contributed by atoms with Crippen LogP contribution in [-0.2, 0) is 4.74 Å². The molecule has 2 N–H and O–H groups in total. The molecule has 5 heteroatoms. The van der Waals surface area contributed by atoms with Gasteiger partial charge in [-0.25, -0.2) is 9.18 Å².